The third-order valence-corrected chi connectivity index (χ3v) is 1.52. The van der Waals surface area contributed by atoms with E-state index in [1.165, 1.54) is 5.56 Å². The van der Waals surface area contributed by atoms with Gasteiger partial charge in [-0.15, -0.1) is 13.1 Å². The third kappa shape index (κ3) is 3.39. The van der Waals surface area contributed by atoms with Crippen LogP contribution in [0.3, 0.4) is 0 Å². The molecular formula is C8H12N2Y+. The molecule has 0 unspecified atom stereocenters. The summed E-state index contributed by atoms with van der Waals surface area (Å²) >= 11 is 0. The normalized spacial score (nSPS) is 7.91. The van der Waals surface area contributed by atoms with E-state index in [0.717, 1.165) is 11.3 Å². The molecule has 0 saturated heterocycles. The van der Waals surface area contributed by atoms with Crippen LogP contribution >= 0.6 is 0 Å². The summed E-state index contributed by atoms with van der Waals surface area (Å²) in [6.07, 6.45) is 2.78. The Balaban J connectivity index is 0. The molecule has 1 aromatic rings. The van der Waals surface area contributed by atoms with Gasteiger partial charge in [0.25, 0.3) is 0 Å². The number of rotatable bonds is 0. The number of aromatic nitrogens is 2. The molecule has 56 valence electrons. The maximum Gasteiger partial charge on any atom is 3.00 e. The van der Waals surface area contributed by atoms with Crippen molar-refractivity contribution in [1.82, 2.24) is 10.2 Å². The SMILES string of the molecule is Cc1[c-]nnc(C)c1C.[CH3-].[Y+3]. The molecule has 3 heteroatoms. The van der Waals surface area contributed by atoms with Gasteiger partial charge in [0.1, 0.15) is 0 Å². The average molecular weight is 225 g/mol. The monoisotopic (exact) mass is 225 g/mol. The molecule has 0 bridgehead atoms. The number of nitrogens with zero attached hydrogens (tertiary/aromatic N) is 2. The van der Waals surface area contributed by atoms with Crippen molar-refractivity contribution < 1.29 is 32.7 Å². The van der Waals surface area contributed by atoms with Crippen LogP contribution in [0, 0.1) is 34.4 Å². The molecule has 1 rings (SSSR count). The molecule has 0 aliphatic carbocycles. The Morgan fingerprint density at radius 2 is 1.73 bits per heavy atom. The summed E-state index contributed by atoms with van der Waals surface area (Å²) in [4.78, 5) is 0. The molecule has 0 amide bonds. The molecule has 0 radical (unpaired) electrons. The Morgan fingerprint density at radius 1 is 1.18 bits per heavy atom. The van der Waals surface area contributed by atoms with E-state index in [1.54, 1.807) is 0 Å². The number of hydrogen-bond donors (Lipinski definition) is 0. The zero-order valence-electron chi connectivity index (χ0n) is 7.47. The molecule has 11 heavy (non-hydrogen) atoms. The Kier molecular flexibility index (Phi) is 7.23. The Labute approximate surface area is 93.7 Å². The minimum Gasteiger partial charge on any atom is -0.358 e. The number of hydrogen-bond acceptors (Lipinski definition) is 2. The molecule has 2 nitrogen and oxygen atoms in total. The molecule has 0 aliphatic rings. The van der Waals surface area contributed by atoms with Gasteiger partial charge >= 0.3 is 32.7 Å². The summed E-state index contributed by atoms with van der Waals surface area (Å²) in [6, 6.07) is 0. The largest absolute Gasteiger partial charge is 3.00 e. The maximum absolute atomic E-state index is 3.83. The van der Waals surface area contributed by atoms with Gasteiger partial charge in [0.05, 0.1) is 0 Å². The van der Waals surface area contributed by atoms with Crippen LogP contribution in [0.5, 0.6) is 0 Å². The third-order valence-electron chi connectivity index (χ3n) is 1.52. The molecule has 0 saturated carbocycles. The van der Waals surface area contributed by atoms with Gasteiger partial charge in [0.2, 0.25) is 0 Å². The molecule has 0 N–H and O–H groups in total. The van der Waals surface area contributed by atoms with E-state index in [0.29, 0.717) is 0 Å². The average Bonchev–Trinajstić information content (AvgIpc) is 1.83. The second-order valence-electron chi connectivity index (χ2n) is 2.15. The van der Waals surface area contributed by atoms with E-state index >= 15 is 0 Å². The zero-order chi connectivity index (χ0) is 6.85. The van der Waals surface area contributed by atoms with Crippen molar-refractivity contribution in [3.63, 3.8) is 0 Å². The van der Waals surface area contributed by atoms with Crippen LogP contribution in [-0.4, -0.2) is 10.2 Å². The van der Waals surface area contributed by atoms with Crippen LogP contribution in [0.25, 0.3) is 0 Å². The standard InChI is InChI=1S/C7H9N2.CH3.Y/c1-5-4-8-9-7(3)6(5)2;;/h1-3H3;1H3;/q2*-1;+3. The molecule has 0 aliphatic heterocycles. The van der Waals surface area contributed by atoms with Gasteiger partial charge in [0, 0.05) is 0 Å². The first-order chi connectivity index (χ1) is 4.22. The van der Waals surface area contributed by atoms with Gasteiger partial charge in [-0.2, -0.15) is 16.2 Å². The number of aryl methyl sites for hydroxylation is 2. The van der Waals surface area contributed by atoms with E-state index < -0.39 is 0 Å². The summed E-state index contributed by atoms with van der Waals surface area (Å²) in [6.45, 7) is 5.95. The van der Waals surface area contributed by atoms with E-state index in [9.17, 15) is 0 Å². The van der Waals surface area contributed by atoms with Gasteiger partial charge in [-0.3, -0.25) is 5.10 Å². The van der Waals surface area contributed by atoms with Crippen LogP contribution < -0.4 is 0 Å². The van der Waals surface area contributed by atoms with E-state index in [2.05, 4.69) is 16.4 Å². The molecule has 0 atom stereocenters. The topological polar surface area (TPSA) is 25.8 Å². The molecular weight excluding hydrogens is 213 g/mol. The van der Waals surface area contributed by atoms with Crippen LogP contribution in [-0.2, 0) is 32.7 Å². The summed E-state index contributed by atoms with van der Waals surface area (Å²) in [5.41, 5.74) is 3.26. The van der Waals surface area contributed by atoms with Crippen molar-refractivity contribution in [2.24, 2.45) is 0 Å². The fraction of sp³-hybridized carbons (Fsp3) is 0.375. The van der Waals surface area contributed by atoms with E-state index in [1.807, 2.05) is 20.8 Å². The van der Waals surface area contributed by atoms with Crippen LogP contribution in [0.1, 0.15) is 16.8 Å². The molecule has 0 aromatic carbocycles. The van der Waals surface area contributed by atoms with Crippen molar-refractivity contribution in [2.45, 2.75) is 20.8 Å². The molecule has 1 aromatic heterocycles. The Hall–Kier alpha value is 0.184. The maximum atomic E-state index is 3.83. The Morgan fingerprint density at radius 3 is 2.09 bits per heavy atom. The fourth-order valence-corrected chi connectivity index (χ4v) is 0.605. The van der Waals surface area contributed by atoms with E-state index in [-0.39, 0.29) is 40.1 Å². The molecule has 1 heterocycles. The van der Waals surface area contributed by atoms with Crippen LogP contribution in [0.4, 0.5) is 0 Å². The first-order valence-electron chi connectivity index (χ1n) is 2.90. The van der Waals surface area contributed by atoms with Crippen molar-refractivity contribution in [3.8, 4) is 0 Å². The minimum absolute atomic E-state index is 0. The summed E-state index contributed by atoms with van der Waals surface area (Å²) in [7, 11) is 0. The van der Waals surface area contributed by atoms with Crippen molar-refractivity contribution in [3.05, 3.63) is 30.4 Å². The van der Waals surface area contributed by atoms with Crippen LogP contribution in [0.2, 0.25) is 0 Å². The van der Waals surface area contributed by atoms with Gasteiger partial charge in [-0.25, -0.2) is 0 Å². The quantitative estimate of drug-likeness (QED) is 0.627. The first-order valence-corrected chi connectivity index (χ1v) is 2.90. The summed E-state index contributed by atoms with van der Waals surface area (Å²) in [5, 5.41) is 7.50. The van der Waals surface area contributed by atoms with Crippen molar-refractivity contribution >= 4 is 0 Å². The molecule has 0 spiro atoms. The molecule has 0 fully saturated rings. The van der Waals surface area contributed by atoms with Gasteiger partial charge in [-0.1, -0.05) is 6.92 Å². The van der Waals surface area contributed by atoms with Crippen molar-refractivity contribution in [2.75, 3.05) is 0 Å². The van der Waals surface area contributed by atoms with Gasteiger partial charge < -0.3 is 7.43 Å². The predicted octanol–water partition coefficient (Wildman–Crippen LogP) is 1.65. The van der Waals surface area contributed by atoms with Gasteiger partial charge in [0.15, 0.2) is 0 Å². The fourth-order valence-electron chi connectivity index (χ4n) is 0.605. The second kappa shape index (κ2) is 5.79. The summed E-state index contributed by atoms with van der Waals surface area (Å²) in [5.74, 6) is 0. The predicted molar refractivity (Wildman–Crippen MR) is 41.5 cm³/mol. The zero-order valence-corrected chi connectivity index (χ0v) is 10.3. The second-order valence-corrected chi connectivity index (χ2v) is 2.15. The summed E-state index contributed by atoms with van der Waals surface area (Å²) < 4.78 is 0. The minimum atomic E-state index is 0. The van der Waals surface area contributed by atoms with Gasteiger partial charge in [-0.05, 0) is 12.6 Å². The first kappa shape index (κ1) is 13.8. The Bertz CT molecular complexity index is 203. The van der Waals surface area contributed by atoms with E-state index in [4.69, 9.17) is 0 Å². The van der Waals surface area contributed by atoms with Crippen LogP contribution in [0.15, 0.2) is 0 Å². The smallest absolute Gasteiger partial charge is 0.358 e. The van der Waals surface area contributed by atoms with Crippen molar-refractivity contribution in [1.29, 1.82) is 0 Å².